The molecule has 0 amide bonds. The van der Waals surface area contributed by atoms with Crippen LogP contribution in [0.3, 0.4) is 0 Å². The van der Waals surface area contributed by atoms with E-state index in [2.05, 4.69) is 18.8 Å². The third-order valence-electron chi connectivity index (χ3n) is 4.16. The van der Waals surface area contributed by atoms with Crippen LogP contribution in [0.25, 0.3) is 21.8 Å². The van der Waals surface area contributed by atoms with Crippen LogP contribution in [-0.4, -0.2) is 42.7 Å². The fourth-order valence-corrected chi connectivity index (χ4v) is 2.85. The van der Waals surface area contributed by atoms with Gasteiger partial charge in [0.2, 0.25) is 0 Å². The van der Waals surface area contributed by atoms with Crippen LogP contribution < -0.4 is 22.8 Å². The molecule has 4 aromatic rings. The van der Waals surface area contributed by atoms with Gasteiger partial charge in [-0.1, -0.05) is 12.1 Å². The number of aryl methyl sites for hydroxylation is 2. The van der Waals surface area contributed by atoms with Crippen molar-refractivity contribution in [1.82, 2.24) is 9.97 Å². The van der Waals surface area contributed by atoms with Gasteiger partial charge in [-0.2, -0.15) is 8.42 Å². The van der Waals surface area contributed by atoms with E-state index in [1.54, 1.807) is 25.1 Å². The smallest absolute Gasteiger partial charge is 0.372 e. The molecule has 0 saturated carbocycles. The summed E-state index contributed by atoms with van der Waals surface area (Å²) in [6.07, 6.45) is 0. The predicted molar refractivity (Wildman–Crippen MR) is 125 cm³/mol. The summed E-state index contributed by atoms with van der Waals surface area (Å²) in [5.74, 6) is -1.60. The zero-order valence-corrected chi connectivity index (χ0v) is 19.7. The summed E-state index contributed by atoms with van der Waals surface area (Å²) in [6.45, 7) is 3.22. The Balaban J connectivity index is 0.000000293. The lowest BCUT2D eigenvalue weighted by Gasteiger charge is -2.00. The number of aromatic amines is 2. The molecule has 0 aliphatic rings. The van der Waals surface area contributed by atoms with E-state index in [-0.39, 0.29) is 22.2 Å². The largest absolute Gasteiger partial charge is 0.419 e. The molecule has 0 saturated heterocycles. The van der Waals surface area contributed by atoms with Gasteiger partial charge >= 0.3 is 33.2 Å². The molecule has 0 aliphatic heterocycles. The van der Waals surface area contributed by atoms with Gasteiger partial charge in [0, 0.05) is 11.6 Å². The maximum absolute atomic E-state index is 11.4. The molecule has 0 unspecified atom stereocenters. The molecule has 2 aromatic carbocycles. The third-order valence-corrected chi connectivity index (χ3v) is 4.16. The number of hydrogen-bond donors (Lipinski definition) is 5. The minimum atomic E-state index is -4.67. The number of nitrogens with zero attached hydrogens (tertiary/aromatic N) is 2. The summed E-state index contributed by atoms with van der Waals surface area (Å²) in [5.41, 5.74) is 0.0595. The Bertz CT molecular complexity index is 1820. The zero-order chi connectivity index (χ0) is 29.4. The van der Waals surface area contributed by atoms with Crippen LogP contribution in [0.15, 0.2) is 58.3 Å². The predicted octanol–water partition coefficient (Wildman–Crippen LogP) is 0.487. The quantitative estimate of drug-likeness (QED) is 0.120. The molecule has 19 nitrogen and oxygen atoms in total. The van der Waals surface area contributed by atoms with Crippen LogP contribution in [0.1, 0.15) is 11.1 Å². The Morgan fingerprint density at radius 3 is 1.68 bits per heavy atom. The summed E-state index contributed by atoms with van der Waals surface area (Å²) >= 11 is 0. The number of fused-ring (bicyclic) bond motifs is 2. The lowest BCUT2D eigenvalue weighted by atomic mass is 10.1. The van der Waals surface area contributed by atoms with Gasteiger partial charge in [0.1, 0.15) is 0 Å². The number of nitro benzene ring substituents is 1. The summed E-state index contributed by atoms with van der Waals surface area (Å²) < 4.78 is 40.3. The van der Waals surface area contributed by atoms with Gasteiger partial charge in [0.25, 0.3) is 10.8 Å². The Labute approximate surface area is 207 Å². The van der Waals surface area contributed by atoms with Crippen LogP contribution in [0.5, 0.6) is 0 Å². The van der Waals surface area contributed by atoms with E-state index >= 15 is 0 Å². The molecule has 0 atom stereocenters. The Morgan fingerprint density at radius 2 is 1.24 bits per heavy atom. The highest BCUT2D eigenvalue weighted by Crippen LogP contribution is 2.22. The fourth-order valence-electron chi connectivity index (χ4n) is 2.85. The van der Waals surface area contributed by atoms with E-state index in [1.165, 1.54) is 19.1 Å². The van der Waals surface area contributed by atoms with Crippen LogP contribution in [0.2, 0.25) is 0 Å². The summed E-state index contributed by atoms with van der Waals surface area (Å²) in [4.78, 5) is 67.4. The molecule has 4 rings (SSSR count). The third kappa shape index (κ3) is 9.44. The highest BCUT2D eigenvalue weighted by molar-refractivity contribution is 7.79. The highest BCUT2D eigenvalue weighted by atomic mass is 32.3. The van der Waals surface area contributed by atoms with Crippen molar-refractivity contribution in [3.8, 4) is 0 Å². The van der Waals surface area contributed by atoms with Crippen LogP contribution in [0, 0.1) is 34.1 Å². The number of benzene rings is 2. The van der Waals surface area contributed by atoms with Crippen molar-refractivity contribution in [1.29, 1.82) is 0 Å². The maximum Gasteiger partial charge on any atom is 0.419 e. The molecule has 5 N–H and O–H groups in total. The van der Waals surface area contributed by atoms with E-state index in [0.29, 0.717) is 10.9 Å². The van der Waals surface area contributed by atoms with Crippen molar-refractivity contribution in [2.75, 3.05) is 0 Å². The van der Waals surface area contributed by atoms with E-state index in [1.807, 2.05) is 0 Å². The van der Waals surface area contributed by atoms with Gasteiger partial charge in [-0.3, -0.25) is 29.2 Å². The first-order chi connectivity index (χ1) is 17.4. The molecule has 2 aromatic heterocycles. The highest BCUT2D eigenvalue weighted by Gasteiger charge is 2.16. The summed E-state index contributed by atoms with van der Waals surface area (Å²) in [5, 5.41) is 24.7. The number of hydrogen-bond acceptors (Lipinski definition) is 12. The number of nitro groups is 1. The molecule has 0 spiro atoms. The van der Waals surface area contributed by atoms with Crippen molar-refractivity contribution in [3.63, 3.8) is 0 Å². The zero-order valence-electron chi connectivity index (χ0n) is 18.9. The molecule has 20 heteroatoms. The SMILES string of the molecule is Cc1c([N+](=O)[O-])ccc2[nH]c(=O)oc(=O)c12.Cc1cccc2[nH]c(=O)oc(=O)c12.O=S(=O)(O)O.O=[N+]([O-])O. The molecular formula is C18H16N4O15S. The first-order valence-corrected chi connectivity index (χ1v) is 10.8. The molecule has 0 bridgehead atoms. The van der Waals surface area contributed by atoms with Gasteiger partial charge in [0.05, 0.1) is 26.7 Å². The molecule has 204 valence electrons. The van der Waals surface area contributed by atoms with Crippen molar-refractivity contribution in [3.05, 3.63) is 104 Å². The minimum absolute atomic E-state index is 0.0220. The molecule has 0 aliphatic carbocycles. The second kappa shape index (κ2) is 12.7. The number of aromatic nitrogens is 2. The van der Waals surface area contributed by atoms with Crippen LogP contribution >= 0.6 is 0 Å². The van der Waals surface area contributed by atoms with Gasteiger partial charge in [-0.25, -0.2) is 19.2 Å². The van der Waals surface area contributed by atoms with Gasteiger partial charge in [0.15, 0.2) is 0 Å². The van der Waals surface area contributed by atoms with E-state index in [9.17, 15) is 29.3 Å². The van der Waals surface area contributed by atoms with E-state index in [0.717, 1.165) is 5.56 Å². The topological polar surface area (TPSA) is 307 Å². The molecular weight excluding hydrogens is 544 g/mol. The molecule has 38 heavy (non-hydrogen) atoms. The second-order valence-electron chi connectivity index (χ2n) is 6.68. The first kappa shape index (κ1) is 30.8. The fraction of sp³-hybridized carbons (Fsp3) is 0.111. The average molecular weight is 560 g/mol. The van der Waals surface area contributed by atoms with Gasteiger partial charge < -0.3 is 14.0 Å². The monoisotopic (exact) mass is 560 g/mol. The van der Waals surface area contributed by atoms with Gasteiger partial charge in [-0.15, -0.1) is 10.1 Å². The number of nitrogens with one attached hydrogen (secondary N) is 2. The second-order valence-corrected chi connectivity index (χ2v) is 7.57. The molecule has 0 fully saturated rings. The van der Waals surface area contributed by atoms with Crippen molar-refractivity contribution in [2.24, 2.45) is 0 Å². The number of H-pyrrole nitrogens is 2. The van der Waals surface area contributed by atoms with Gasteiger partial charge in [-0.05, 0) is 31.5 Å². The average Bonchev–Trinajstić information content (AvgIpc) is 2.71. The normalized spacial score (nSPS) is 10.2. The Morgan fingerprint density at radius 1 is 0.816 bits per heavy atom. The first-order valence-electron chi connectivity index (χ1n) is 9.39. The Kier molecular flexibility index (Phi) is 10.3. The lowest BCUT2D eigenvalue weighted by Crippen LogP contribution is -2.15. The lowest BCUT2D eigenvalue weighted by molar-refractivity contribution is -0.742. The van der Waals surface area contributed by atoms with Crippen LogP contribution in [-0.2, 0) is 10.4 Å². The minimum Gasteiger partial charge on any atom is -0.372 e. The van der Waals surface area contributed by atoms with E-state index in [4.69, 9.17) is 32.8 Å². The van der Waals surface area contributed by atoms with Crippen molar-refractivity contribution in [2.45, 2.75) is 13.8 Å². The molecule has 0 radical (unpaired) electrons. The Hall–Kier alpha value is -5.21. The van der Waals surface area contributed by atoms with Crippen molar-refractivity contribution < 1.29 is 41.6 Å². The standard InChI is InChI=1S/C9H6N2O5.C9H7NO3.HNO3.H2O4S/c1-4-6(11(14)15)3-2-5-7(4)8(12)16-9(13)10-5;1-5-3-2-4-6-7(5)8(11)13-9(12)10-6;2-1(3)4;1-5(2,3)4/h2-3H,1H3,(H,10,13);2-4H,1H3,(H,10,12);(H,2,3,4);(H2,1,2,3,4). The summed E-state index contributed by atoms with van der Waals surface area (Å²) in [6, 6.07) is 7.76. The molecule has 2 heterocycles. The number of rotatable bonds is 1. The maximum atomic E-state index is 11.4. The van der Waals surface area contributed by atoms with E-state index < -0.39 is 43.2 Å². The van der Waals surface area contributed by atoms with Crippen LogP contribution in [0.4, 0.5) is 5.69 Å². The summed E-state index contributed by atoms with van der Waals surface area (Å²) in [7, 11) is -4.67. The van der Waals surface area contributed by atoms with Crippen molar-refractivity contribution >= 4 is 37.9 Å².